The van der Waals surface area contributed by atoms with Gasteiger partial charge in [-0.2, -0.15) is 5.26 Å². The average molecular weight is 290 g/mol. The third-order valence-corrected chi connectivity index (χ3v) is 2.61. The molecule has 1 aliphatic rings. The molecule has 0 amide bonds. The van der Waals surface area contributed by atoms with Crippen molar-refractivity contribution in [1.29, 1.82) is 0 Å². The van der Waals surface area contributed by atoms with Gasteiger partial charge in [0.1, 0.15) is 6.10 Å². The van der Waals surface area contributed by atoms with Gasteiger partial charge in [-0.1, -0.05) is 43.5 Å². The highest BCUT2D eigenvalue weighted by atomic mass is 17.1. The molecule has 0 aromatic heterocycles. The van der Waals surface area contributed by atoms with E-state index >= 15 is 0 Å². The van der Waals surface area contributed by atoms with Crippen LogP contribution in [0.3, 0.4) is 0 Å². The largest absolute Gasteiger partial charge is 0.459 e. The first-order valence-electron chi connectivity index (χ1n) is 6.47. The molecular weight excluding hydrogens is 272 g/mol. The van der Waals surface area contributed by atoms with Gasteiger partial charge in [0.2, 0.25) is 0 Å². The van der Waals surface area contributed by atoms with Crippen LogP contribution < -0.4 is 0 Å². The molecule has 0 spiro atoms. The molecule has 1 aromatic rings. The maximum Gasteiger partial charge on any atom is 0.368 e. The number of benzene rings is 1. The van der Waals surface area contributed by atoms with Crippen molar-refractivity contribution in [2.24, 2.45) is 0 Å². The Hall–Kier alpha value is -2.40. The van der Waals surface area contributed by atoms with Gasteiger partial charge in [-0.3, -0.25) is 4.89 Å². The van der Waals surface area contributed by atoms with Gasteiger partial charge in [0.05, 0.1) is 0 Å². The molecule has 5 nitrogen and oxygen atoms in total. The standard InChI is InChI=1S/C10H10O3.C6H8O2/c1-8(10(11)13-12)7-9-5-3-2-4-6-9;1-2-6(7)8-5-3-4-5/h2-6,12H,1,7H2;2,5H,1,3-4H2. The molecule has 2 rings (SSSR count). The molecule has 0 saturated heterocycles. The number of ether oxygens (including phenoxy) is 1. The maximum atomic E-state index is 10.7. The first-order chi connectivity index (χ1) is 10.1. The van der Waals surface area contributed by atoms with Crippen LogP contribution in [0.1, 0.15) is 18.4 Å². The molecule has 0 atom stereocenters. The van der Waals surface area contributed by atoms with Crippen LogP contribution in [0.4, 0.5) is 0 Å². The Morgan fingerprint density at radius 2 is 1.90 bits per heavy atom. The summed E-state index contributed by atoms with van der Waals surface area (Å²) >= 11 is 0. The van der Waals surface area contributed by atoms with Crippen LogP contribution in [0.15, 0.2) is 55.1 Å². The van der Waals surface area contributed by atoms with Crippen molar-refractivity contribution in [2.45, 2.75) is 25.4 Å². The molecule has 1 aliphatic carbocycles. The third kappa shape index (κ3) is 7.08. The monoisotopic (exact) mass is 290 g/mol. The van der Waals surface area contributed by atoms with Gasteiger partial charge in [-0.25, -0.2) is 9.59 Å². The van der Waals surface area contributed by atoms with Crippen LogP contribution in [0.2, 0.25) is 0 Å². The van der Waals surface area contributed by atoms with E-state index in [9.17, 15) is 9.59 Å². The fraction of sp³-hybridized carbons (Fsp3) is 0.250. The molecule has 1 saturated carbocycles. The first kappa shape index (κ1) is 16.7. The summed E-state index contributed by atoms with van der Waals surface area (Å²) < 4.78 is 4.75. The lowest BCUT2D eigenvalue weighted by molar-refractivity contribution is -0.229. The van der Waals surface area contributed by atoms with Crippen molar-refractivity contribution >= 4 is 11.9 Å². The van der Waals surface area contributed by atoms with Crippen molar-refractivity contribution in [3.8, 4) is 0 Å². The fourth-order valence-electron chi connectivity index (χ4n) is 1.38. The Balaban J connectivity index is 0.000000235. The van der Waals surface area contributed by atoms with Crippen LogP contribution in [0.25, 0.3) is 0 Å². The van der Waals surface area contributed by atoms with Crippen LogP contribution in [0, 0.1) is 0 Å². The predicted molar refractivity (Wildman–Crippen MR) is 77.3 cm³/mol. The molecule has 112 valence electrons. The second-order valence-corrected chi connectivity index (χ2v) is 4.49. The van der Waals surface area contributed by atoms with Gasteiger partial charge in [-0.05, 0) is 18.4 Å². The summed E-state index contributed by atoms with van der Waals surface area (Å²) in [5, 5.41) is 8.07. The molecule has 0 aliphatic heterocycles. The molecule has 21 heavy (non-hydrogen) atoms. The summed E-state index contributed by atoms with van der Waals surface area (Å²) in [5.41, 5.74) is 1.19. The Morgan fingerprint density at radius 3 is 2.38 bits per heavy atom. The minimum atomic E-state index is -0.788. The first-order valence-corrected chi connectivity index (χ1v) is 6.47. The van der Waals surface area contributed by atoms with Crippen LogP contribution in [-0.2, 0) is 25.6 Å². The van der Waals surface area contributed by atoms with Crippen LogP contribution >= 0.6 is 0 Å². The lowest BCUT2D eigenvalue weighted by Gasteiger charge is -2.01. The highest BCUT2D eigenvalue weighted by molar-refractivity contribution is 5.87. The Labute approximate surface area is 123 Å². The zero-order chi connectivity index (χ0) is 15.7. The summed E-state index contributed by atoms with van der Waals surface area (Å²) in [6, 6.07) is 9.36. The summed E-state index contributed by atoms with van der Waals surface area (Å²) in [5.74, 6) is -1.09. The summed E-state index contributed by atoms with van der Waals surface area (Å²) in [4.78, 5) is 24.6. The van der Waals surface area contributed by atoms with E-state index in [4.69, 9.17) is 9.99 Å². The van der Waals surface area contributed by atoms with E-state index in [2.05, 4.69) is 18.0 Å². The lowest BCUT2D eigenvalue weighted by atomic mass is 10.1. The molecule has 0 radical (unpaired) electrons. The molecule has 5 heteroatoms. The highest BCUT2D eigenvalue weighted by Crippen LogP contribution is 2.23. The van der Waals surface area contributed by atoms with Gasteiger partial charge >= 0.3 is 11.9 Å². The molecule has 1 aromatic carbocycles. The average Bonchev–Trinajstić information content (AvgIpc) is 3.31. The zero-order valence-electron chi connectivity index (χ0n) is 11.7. The Kier molecular flexibility index (Phi) is 6.91. The van der Waals surface area contributed by atoms with Crippen LogP contribution in [-0.4, -0.2) is 23.3 Å². The predicted octanol–water partition coefficient (Wildman–Crippen LogP) is 2.68. The van der Waals surface area contributed by atoms with Crippen molar-refractivity contribution < 1.29 is 24.5 Å². The summed E-state index contributed by atoms with van der Waals surface area (Å²) in [7, 11) is 0. The van der Waals surface area contributed by atoms with E-state index in [1.54, 1.807) is 0 Å². The van der Waals surface area contributed by atoms with Gasteiger partial charge in [0.15, 0.2) is 0 Å². The SMILES string of the molecule is C=C(Cc1ccccc1)C(=O)OO.C=CC(=O)OC1CC1. The summed E-state index contributed by atoms with van der Waals surface area (Å²) in [6.07, 6.45) is 3.85. The molecule has 0 bridgehead atoms. The molecular formula is C16H18O5. The minimum Gasteiger partial charge on any atom is -0.459 e. The quantitative estimate of drug-likeness (QED) is 0.390. The number of carbonyl (C=O) groups excluding carboxylic acids is 2. The van der Waals surface area contributed by atoms with E-state index < -0.39 is 5.97 Å². The van der Waals surface area contributed by atoms with Gasteiger partial charge in [0.25, 0.3) is 0 Å². The van der Waals surface area contributed by atoms with Crippen LogP contribution in [0.5, 0.6) is 0 Å². The van der Waals surface area contributed by atoms with E-state index in [0.29, 0.717) is 6.42 Å². The van der Waals surface area contributed by atoms with Crippen molar-refractivity contribution in [3.05, 3.63) is 60.7 Å². The van der Waals surface area contributed by atoms with Crippen molar-refractivity contribution in [1.82, 2.24) is 0 Å². The lowest BCUT2D eigenvalue weighted by Crippen LogP contribution is -2.06. The minimum absolute atomic E-state index is 0.209. The van der Waals surface area contributed by atoms with Crippen molar-refractivity contribution in [2.75, 3.05) is 0 Å². The van der Waals surface area contributed by atoms with E-state index in [-0.39, 0.29) is 17.6 Å². The van der Waals surface area contributed by atoms with E-state index in [0.717, 1.165) is 18.4 Å². The number of rotatable bonds is 5. The number of hydrogen-bond acceptors (Lipinski definition) is 5. The van der Waals surface area contributed by atoms with E-state index in [1.807, 2.05) is 30.3 Å². The van der Waals surface area contributed by atoms with Crippen molar-refractivity contribution in [3.63, 3.8) is 0 Å². The highest BCUT2D eigenvalue weighted by Gasteiger charge is 2.24. The molecule has 0 heterocycles. The van der Waals surface area contributed by atoms with Gasteiger partial charge < -0.3 is 4.74 Å². The topological polar surface area (TPSA) is 72.8 Å². The van der Waals surface area contributed by atoms with Gasteiger partial charge in [-0.15, -0.1) is 0 Å². The third-order valence-electron chi connectivity index (χ3n) is 2.61. The summed E-state index contributed by atoms with van der Waals surface area (Å²) in [6.45, 7) is 6.75. The molecule has 1 fully saturated rings. The smallest absolute Gasteiger partial charge is 0.368 e. The number of hydrogen-bond donors (Lipinski definition) is 1. The Bertz CT molecular complexity index is 503. The number of carbonyl (C=O) groups is 2. The molecule has 1 N–H and O–H groups in total. The normalized spacial score (nSPS) is 12.4. The maximum absolute atomic E-state index is 10.7. The number of esters is 1. The second-order valence-electron chi connectivity index (χ2n) is 4.49. The van der Waals surface area contributed by atoms with Gasteiger partial charge in [0, 0.05) is 18.1 Å². The second kappa shape index (κ2) is 8.71. The zero-order valence-corrected chi connectivity index (χ0v) is 11.7. The van der Waals surface area contributed by atoms with E-state index in [1.165, 1.54) is 6.08 Å². The Morgan fingerprint density at radius 1 is 1.29 bits per heavy atom. The fourth-order valence-corrected chi connectivity index (χ4v) is 1.38. The molecule has 0 unspecified atom stereocenters.